The van der Waals surface area contributed by atoms with Crippen LogP contribution in [0.25, 0.3) is 0 Å². The predicted molar refractivity (Wildman–Crippen MR) is 82.9 cm³/mol. The number of carbonyl (C=O) groups is 1. The molecular formula is C14H19ClN2OS. The Morgan fingerprint density at radius 1 is 1.47 bits per heavy atom. The summed E-state index contributed by atoms with van der Waals surface area (Å²) in [6.45, 7) is 0. The van der Waals surface area contributed by atoms with Crippen LogP contribution in [0.3, 0.4) is 0 Å². The van der Waals surface area contributed by atoms with Crippen LogP contribution < -0.4 is 11.1 Å². The summed E-state index contributed by atoms with van der Waals surface area (Å²) in [7, 11) is 0. The van der Waals surface area contributed by atoms with Gasteiger partial charge in [-0.05, 0) is 43.7 Å². The standard InChI is InChI=1S/C14H19ClN2OS/c1-19-11-4-2-3-10(8-11)17-14(18)9-5-6-13(16)12(15)7-9/h5-7,10-11H,2-4,8,16H2,1H3,(H,17,18). The van der Waals surface area contributed by atoms with Crippen LogP contribution in [0.1, 0.15) is 36.0 Å². The minimum absolute atomic E-state index is 0.0614. The van der Waals surface area contributed by atoms with Crippen molar-refractivity contribution in [3.8, 4) is 0 Å². The van der Waals surface area contributed by atoms with Gasteiger partial charge < -0.3 is 11.1 Å². The van der Waals surface area contributed by atoms with E-state index in [1.165, 1.54) is 12.8 Å². The van der Waals surface area contributed by atoms with Gasteiger partial charge in [0.2, 0.25) is 0 Å². The maximum absolute atomic E-state index is 12.2. The molecule has 1 aromatic rings. The summed E-state index contributed by atoms with van der Waals surface area (Å²) >= 11 is 7.83. The molecule has 0 heterocycles. The zero-order valence-corrected chi connectivity index (χ0v) is 12.6. The normalized spacial score (nSPS) is 23.1. The number of hydrogen-bond acceptors (Lipinski definition) is 3. The van der Waals surface area contributed by atoms with Gasteiger partial charge in [-0.3, -0.25) is 4.79 Å². The first-order valence-corrected chi connectivity index (χ1v) is 8.15. The molecule has 0 bridgehead atoms. The van der Waals surface area contributed by atoms with Crippen molar-refractivity contribution < 1.29 is 4.79 Å². The van der Waals surface area contributed by atoms with Gasteiger partial charge >= 0.3 is 0 Å². The molecule has 1 fully saturated rings. The second kappa shape index (κ2) is 6.53. The highest BCUT2D eigenvalue weighted by atomic mass is 35.5. The van der Waals surface area contributed by atoms with Crippen LogP contribution in [0.15, 0.2) is 18.2 Å². The third-order valence-corrected chi connectivity index (χ3v) is 4.98. The number of carbonyl (C=O) groups excluding carboxylic acids is 1. The summed E-state index contributed by atoms with van der Waals surface area (Å²) in [5.74, 6) is -0.0614. The summed E-state index contributed by atoms with van der Waals surface area (Å²) in [5, 5.41) is 4.18. The van der Waals surface area contributed by atoms with Gasteiger partial charge in [0.05, 0.1) is 10.7 Å². The van der Waals surface area contributed by atoms with Crippen LogP contribution in [-0.2, 0) is 0 Å². The van der Waals surface area contributed by atoms with Crippen LogP contribution in [0.4, 0.5) is 5.69 Å². The molecule has 3 nitrogen and oxygen atoms in total. The van der Waals surface area contributed by atoms with Crippen molar-refractivity contribution in [3.05, 3.63) is 28.8 Å². The molecular weight excluding hydrogens is 280 g/mol. The van der Waals surface area contributed by atoms with Gasteiger partial charge in [0.15, 0.2) is 0 Å². The van der Waals surface area contributed by atoms with E-state index in [1.807, 2.05) is 11.8 Å². The van der Waals surface area contributed by atoms with Crippen LogP contribution >= 0.6 is 23.4 Å². The van der Waals surface area contributed by atoms with Gasteiger partial charge in [-0.15, -0.1) is 0 Å². The lowest BCUT2D eigenvalue weighted by molar-refractivity contribution is 0.0928. The molecule has 1 saturated carbocycles. The molecule has 0 aliphatic heterocycles. The molecule has 1 aliphatic carbocycles. The Kier molecular flexibility index (Phi) is 4.99. The summed E-state index contributed by atoms with van der Waals surface area (Å²) in [5.41, 5.74) is 6.72. The summed E-state index contributed by atoms with van der Waals surface area (Å²) in [6, 6.07) is 5.28. The summed E-state index contributed by atoms with van der Waals surface area (Å²) < 4.78 is 0. The Morgan fingerprint density at radius 3 is 2.95 bits per heavy atom. The van der Waals surface area contributed by atoms with E-state index in [2.05, 4.69) is 11.6 Å². The largest absolute Gasteiger partial charge is 0.398 e. The number of benzene rings is 1. The number of nitrogen functional groups attached to an aromatic ring is 1. The van der Waals surface area contributed by atoms with Crippen molar-refractivity contribution in [1.82, 2.24) is 5.32 Å². The quantitative estimate of drug-likeness (QED) is 0.842. The average molecular weight is 299 g/mol. The van der Waals surface area contributed by atoms with Crippen LogP contribution in [-0.4, -0.2) is 23.5 Å². The Balaban J connectivity index is 1.98. The number of amides is 1. The first-order valence-electron chi connectivity index (χ1n) is 6.49. The lowest BCUT2D eigenvalue weighted by Gasteiger charge is -2.28. The molecule has 2 atom stereocenters. The Labute approximate surface area is 123 Å². The van der Waals surface area contributed by atoms with Gasteiger partial charge in [-0.2, -0.15) is 11.8 Å². The molecule has 19 heavy (non-hydrogen) atoms. The monoisotopic (exact) mass is 298 g/mol. The molecule has 0 aromatic heterocycles. The van der Waals surface area contributed by atoms with E-state index >= 15 is 0 Å². The molecule has 2 unspecified atom stereocenters. The zero-order valence-electron chi connectivity index (χ0n) is 11.0. The predicted octanol–water partition coefficient (Wildman–Crippen LogP) is 3.33. The van der Waals surface area contributed by atoms with E-state index in [9.17, 15) is 4.79 Å². The summed E-state index contributed by atoms with van der Waals surface area (Å²) in [6.07, 6.45) is 6.68. The number of rotatable bonds is 3. The second-order valence-electron chi connectivity index (χ2n) is 4.93. The Morgan fingerprint density at radius 2 is 2.26 bits per heavy atom. The van der Waals surface area contributed by atoms with E-state index in [4.69, 9.17) is 17.3 Å². The first kappa shape index (κ1) is 14.5. The van der Waals surface area contributed by atoms with Crippen molar-refractivity contribution in [1.29, 1.82) is 0 Å². The number of anilines is 1. The molecule has 0 spiro atoms. The highest BCUT2D eigenvalue weighted by Crippen LogP contribution is 2.27. The third-order valence-electron chi connectivity index (χ3n) is 3.56. The van der Waals surface area contributed by atoms with Gasteiger partial charge in [-0.1, -0.05) is 18.0 Å². The fourth-order valence-corrected chi connectivity index (χ4v) is 3.43. The molecule has 1 aliphatic rings. The van der Waals surface area contributed by atoms with E-state index in [0.717, 1.165) is 12.8 Å². The molecule has 1 amide bonds. The van der Waals surface area contributed by atoms with E-state index in [1.54, 1.807) is 18.2 Å². The highest BCUT2D eigenvalue weighted by Gasteiger charge is 2.23. The molecule has 1 aromatic carbocycles. The van der Waals surface area contributed by atoms with Gasteiger partial charge in [-0.25, -0.2) is 0 Å². The number of nitrogens with one attached hydrogen (secondary N) is 1. The van der Waals surface area contributed by atoms with Crippen molar-refractivity contribution in [2.75, 3.05) is 12.0 Å². The number of hydrogen-bond donors (Lipinski definition) is 2. The second-order valence-corrected chi connectivity index (χ2v) is 6.48. The van der Waals surface area contributed by atoms with Gasteiger partial charge in [0.25, 0.3) is 5.91 Å². The SMILES string of the molecule is CSC1CCCC(NC(=O)c2ccc(N)c(Cl)c2)C1. The van der Waals surface area contributed by atoms with Crippen LogP contribution in [0, 0.1) is 0 Å². The van der Waals surface area contributed by atoms with E-state index in [-0.39, 0.29) is 11.9 Å². The van der Waals surface area contributed by atoms with E-state index in [0.29, 0.717) is 21.5 Å². The minimum atomic E-state index is -0.0614. The number of halogens is 1. The van der Waals surface area contributed by atoms with Crippen LogP contribution in [0.2, 0.25) is 5.02 Å². The average Bonchev–Trinajstić information content (AvgIpc) is 2.42. The Hall–Kier alpha value is -0.870. The van der Waals surface area contributed by atoms with Crippen molar-refractivity contribution >= 4 is 35.0 Å². The fourth-order valence-electron chi connectivity index (χ4n) is 2.43. The lowest BCUT2D eigenvalue weighted by atomic mass is 9.94. The maximum Gasteiger partial charge on any atom is 0.251 e. The number of thioether (sulfide) groups is 1. The summed E-state index contributed by atoms with van der Waals surface area (Å²) in [4.78, 5) is 12.2. The fraction of sp³-hybridized carbons (Fsp3) is 0.500. The van der Waals surface area contributed by atoms with Crippen molar-refractivity contribution in [2.45, 2.75) is 37.0 Å². The van der Waals surface area contributed by atoms with Gasteiger partial charge in [0, 0.05) is 16.9 Å². The topological polar surface area (TPSA) is 55.1 Å². The maximum atomic E-state index is 12.2. The van der Waals surface area contributed by atoms with Crippen molar-refractivity contribution in [3.63, 3.8) is 0 Å². The molecule has 2 rings (SSSR count). The van der Waals surface area contributed by atoms with Crippen molar-refractivity contribution in [2.24, 2.45) is 0 Å². The molecule has 0 saturated heterocycles. The Bertz CT molecular complexity index is 467. The first-order chi connectivity index (χ1) is 9.10. The smallest absolute Gasteiger partial charge is 0.251 e. The zero-order chi connectivity index (χ0) is 13.8. The van der Waals surface area contributed by atoms with E-state index < -0.39 is 0 Å². The molecule has 104 valence electrons. The molecule has 3 N–H and O–H groups in total. The third kappa shape index (κ3) is 3.80. The lowest BCUT2D eigenvalue weighted by Crippen LogP contribution is -2.39. The molecule has 5 heteroatoms. The highest BCUT2D eigenvalue weighted by molar-refractivity contribution is 7.99. The minimum Gasteiger partial charge on any atom is -0.398 e. The van der Waals surface area contributed by atoms with Gasteiger partial charge in [0.1, 0.15) is 0 Å². The molecule has 0 radical (unpaired) electrons. The van der Waals surface area contributed by atoms with Crippen LogP contribution in [0.5, 0.6) is 0 Å². The number of nitrogens with two attached hydrogens (primary N) is 1.